The van der Waals surface area contributed by atoms with Gasteiger partial charge in [0.1, 0.15) is 0 Å². The SMILES string of the molecule is C=C(F)C(=O)N1CCN(C(C)(C)C)C[C@H]1CC#N. The molecule has 1 amide bonds. The van der Waals surface area contributed by atoms with Gasteiger partial charge in [0.15, 0.2) is 5.83 Å². The molecule has 0 spiro atoms. The molecule has 0 aliphatic carbocycles. The Balaban J connectivity index is 2.82. The second-order valence-corrected chi connectivity index (χ2v) is 5.54. The van der Waals surface area contributed by atoms with Crippen molar-refractivity contribution in [2.45, 2.75) is 38.8 Å². The number of nitrogens with zero attached hydrogens (tertiary/aromatic N) is 3. The molecule has 0 N–H and O–H groups in total. The van der Waals surface area contributed by atoms with Crippen molar-refractivity contribution in [2.24, 2.45) is 0 Å². The zero-order valence-electron chi connectivity index (χ0n) is 11.2. The molecule has 100 valence electrons. The highest BCUT2D eigenvalue weighted by Gasteiger charge is 2.35. The highest BCUT2D eigenvalue weighted by atomic mass is 19.1. The number of nitriles is 1. The van der Waals surface area contributed by atoms with Gasteiger partial charge in [-0.05, 0) is 20.8 Å². The Hall–Kier alpha value is -1.41. The van der Waals surface area contributed by atoms with Crippen LogP contribution in [0.5, 0.6) is 0 Å². The van der Waals surface area contributed by atoms with E-state index in [4.69, 9.17) is 5.26 Å². The van der Waals surface area contributed by atoms with Crippen LogP contribution in [0.3, 0.4) is 0 Å². The summed E-state index contributed by atoms with van der Waals surface area (Å²) >= 11 is 0. The summed E-state index contributed by atoms with van der Waals surface area (Å²) < 4.78 is 12.9. The van der Waals surface area contributed by atoms with Gasteiger partial charge in [0, 0.05) is 25.2 Å². The van der Waals surface area contributed by atoms with Gasteiger partial charge in [0.05, 0.1) is 18.5 Å². The van der Waals surface area contributed by atoms with Gasteiger partial charge in [0.2, 0.25) is 0 Å². The normalized spacial score (nSPS) is 21.5. The van der Waals surface area contributed by atoms with Gasteiger partial charge in [-0.2, -0.15) is 5.26 Å². The Morgan fingerprint density at radius 2 is 2.11 bits per heavy atom. The first-order valence-electron chi connectivity index (χ1n) is 6.04. The maximum absolute atomic E-state index is 12.9. The quantitative estimate of drug-likeness (QED) is 0.704. The van der Waals surface area contributed by atoms with Crippen molar-refractivity contribution in [3.8, 4) is 6.07 Å². The lowest BCUT2D eigenvalue weighted by Gasteiger charge is -2.46. The highest BCUT2D eigenvalue weighted by molar-refractivity contribution is 5.90. The number of carbonyl (C=O) groups excluding carboxylic acids is 1. The molecule has 5 heteroatoms. The Labute approximate surface area is 108 Å². The lowest BCUT2D eigenvalue weighted by molar-refractivity contribution is -0.134. The zero-order valence-corrected chi connectivity index (χ0v) is 11.2. The fourth-order valence-electron chi connectivity index (χ4n) is 2.17. The van der Waals surface area contributed by atoms with E-state index < -0.39 is 11.7 Å². The largest absolute Gasteiger partial charge is 0.330 e. The minimum Gasteiger partial charge on any atom is -0.330 e. The summed E-state index contributed by atoms with van der Waals surface area (Å²) in [6.45, 7) is 11.0. The summed E-state index contributed by atoms with van der Waals surface area (Å²) in [5.41, 5.74) is -0.0183. The summed E-state index contributed by atoms with van der Waals surface area (Å²) in [5.74, 6) is -1.65. The van der Waals surface area contributed by atoms with Crippen LogP contribution in [0.1, 0.15) is 27.2 Å². The lowest BCUT2D eigenvalue weighted by atomic mass is 10.0. The number of carbonyl (C=O) groups is 1. The molecule has 0 unspecified atom stereocenters. The van der Waals surface area contributed by atoms with Crippen LogP contribution >= 0.6 is 0 Å². The molecule has 1 aliphatic rings. The Bertz CT molecular complexity index is 381. The van der Waals surface area contributed by atoms with E-state index in [0.717, 1.165) is 0 Å². The molecule has 0 bridgehead atoms. The fourth-order valence-corrected chi connectivity index (χ4v) is 2.17. The summed E-state index contributed by atoms with van der Waals surface area (Å²) in [4.78, 5) is 15.3. The van der Waals surface area contributed by atoms with Crippen molar-refractivity contribution in [3.63, 3.8) is 0 Å². The van der Waals surface area contributed by atoms with Crippen LogP contribution in [-0.4, -0.2) is 46.9 Å². The molecule has 4 nitrogen and oxygen atoms in total. The third-order valence-electron chi connectivity index (χ3n) is 3.25. The van der Waals surface area contributed by atoms with Crippen LogP contribution in [-0.2, 0) is 4.79 Å². The third-order valence-corrected chi connectivity index (χ3v) is 3.25. The van der Waals surface area contributed by atoms with Crippen LogP contribution in [0, 0.1) is 11.3 Å². The standard InChI is InChI=1S/C13H20FN3O/c1-10(14)12(18)17-8-7-16(13(2,3)4)9-11(17)5-6-15/h11H,1,5,7-9H2,2-4H3/t11-/m1/s1. The molecule has 1 rings (SSSR count). The molecule has 0 saturated carbocycles. The molecule has 0 aromatic heterocycles. The number of halogens is 1. The second-order valence-electron chi connectivity index (χ2n) is 5.54. The van der Waals surface area contributed by atoms with Crippen LogP contribution in [0.15, 0.2) is 12.4 Å². The van der Waals surface area contributed by atoms with Gasteiger partial charge in [0.25, 0.3) is 5.91 Å². The maximum Gasteiger partial charge on any atom is 0.282 e. The molecule has 1 atom stereocenters. The first-order valence-corrected chi connectivity index (χ1v) is 6.04. The number of amides is 1. The third kappa shape index (κ3) is 3.30. The predicted molar refractivity (Wildman–Crippen MR) is 67.3 cm³/mol. The Morgan fingerprint density at radius 3 is 2.56 bits per heavy atom. The van der Waals surface area contributed by atoms with E-state index in [-0.39, 0.29) is 18.0 Å². The number of rotatable bonds is 2. The van der Waals surface area contributed by atoms with Crippen molar-refractivity contribution in [3.05, 3.63) is 12.4 Å². The number of piperazine rings is 1. The van der Waals surface area contributed by atoms with Gasteiger partial charge in [-0.15, -0.1) is 0 Å². The van der Waals surface area contributed by atoms with Crippen molar-refractivity contribution in [1.29, 1.82) is 5.26 Å². The molecule has 1 saturated heterocycles. The molecule has 1 heterocycles. The van der Waals surface area contributed by atoms with E-state index in [0.29, 0.717) is 19.6 Å². The smallest absolute Gasteiger partial charge is 0.282 e. The van der Waals surface area contributed by atoms with Gasteiger partial charge in [-0.1, -0.05) is 6.58 Å². The van der Waals surface area contributed by atoms with E-state index in [2.05, 4.69) is 38.3 Å². The van der Waals surface area contributed by atoms with Gasteiger partial charge in [-0.3, -0.25) is 9.69 Å². The van der Waals surface area contributed by atoms with Gasteiger partial charge < -0.3 is 4.90 Å². The van der Waals surface area contributed by atoms with E-state index >= 15 is 0 Å². The van der Waals surface area contributed by atoms with Crippen molar-refractivity contribution < 1.29 is 9.18 Å². The first-order chi connectivity index (χ1) is 8.27. The fraction of sp³-hybridized carbons (Fsp3) is 0.692. The summed E-state index contributed by atoms with van der Waals surface area (Å²) in [7, 11) is 0. The van der Waals surface area contributed by atoms with Crippen LogP contribution in [0.2, 0.25) is 0 Å². The van der Waals surface area contributed by atoms with Crippen LogP contribution < -0.4 is 0 Å². The summed E-state index contributed by atoms with van der Waals surface area (Å²) in [6, 6.07) is 1.80. The molecule has 18 heavy (non-hydrogen) atoms. The van der Waals surface area contributed by atoms with E-state index in [1.54, 1.807) is 0 Å². The molecule has 1 fully saturated rings. The summed E-state index contributed by atoms with van der Waals surface area (Å²) in [6.07, 6.45) is 0.214. The van der Waals surface area contributed by atoms with Gasteiger partial charge >= 0.3 is 0 Å². The molecule has 1 aliphatic heterocycles. The van der Waals surface area contributed by atoms with Crippen molar-refractivity contribution in [2.75, 3.05) is 19.6 Å². The maximum atomic E-state index is 12.9. The molecular weight excluding hydrogens is 233 g/mol. The molecule has 0 aromatic carbocycles. The molecule has 0 aromatic rings. The average Bonchev–Trinajstić information content (AvgIpc) is 2.27. The first kappa shape index (κ1) is 14.7. The minimum absolute atomic E-state index is 0.0183. The monoisotopic (exact) mass is 253 g/mol. The van der Waals surface area contributed by atoms with Crippen LogP contribution in [0.4, 0.5) is 4.39 Å². The van der Waals surface area contributed by atoms with E-state index in [1.165, 1.54) is 4.90 Å². The van der Waals surface area contributed by atoms with Gasteiger partial charge in [-0.25, -0.2) is 4.39 Å². The Morgan fingerprint density at radius 1 is 1.50 bits per heavy atom. The van der Waals surface area contributed by atoms with Crippen molar-refractivity contribution >= 4 is 5.91 Å². The zero-order chi connectivity index (χ0) is 13.9. The second kappa shape index (κ2) is 5.49. The van der Waals surface area contributed by atoms with E-state index in [1.807, 2.05) is 0 Å². The highest BCUT2D eigenvalue weighted by Crippen LogP contribution is 2.22. The predicted octanol–water partition coefficient (Wildman–Crippen LogP) is 1.69. The number of hydrogen-bond donors (Lipinski definition) is 0. The van der Waals surface area contributed by atoms with Crippen LogP contribution in [0.25, 0.3) is 0 Å². The minimum atomic E-state index is -0.956. The molecule has 0 radical (unpaired) electrons. The van der Waals surface area contributed by atoms with E-state index in [9.17, 15) is 9.18 Å². The summed E-state index contributed by atoms with van der Waals surface area (Å²) in [5, 5.41) is 8.82. The molecular formula is C13H20FN3O. The number of hydrogen-bond acceptors (Lipinski definition) is 3. The topological polar surface area (TPSA) is 47.3 Å². The lowest BCUT2D eigenvalue weighted by Crippen LogP contribution is -2.59. The average molecular weight is 253 g/mol. The Kier molecular flexibility index (Phi) is 4.47. The van der Waals surface area contributed by atoms with Crippen molar-refractivity contribution in [1.82, 2.24) is 9.80 Å².